The third kappa shape index (κ3) is 2.67. The van der Waals surface area contributed by atoms with E-state index in [1.807, 2.05) is 0 Å². The summed E-state index contributed by atoms with van der Waals surface area (Å²) in [6.07, 6.45) is 6.21. The standard InChI is InChI=1S/C18H24OS/c1-11-7-12(2)17(13(3)8-11)18(19)14-9-15-5-4-6-16(10-14)20-15/h7-8,14-16H,4-6,9-10H2,1-3H3. The topological polar surface area (TPSA) is 17.1 Å². The molecule has 108 valence electrons. The van der Waals surface area contributed by atoms with Gasteiger partial charge >= 0.3 is 0 Å². The second-order valence-electron chi connectivity index (χ2n) is 6.62. The molecule has 1 aromatic carbocycles. The van der Waals surface area contributed by atoms with Crippen LogP contribution in [0.1, 0.15) is 59.2 Å². The molecule has 2 atom stereocenters. The molecule has 2 heterocycles. The molecule has 0 aliphatic carbocycles. The van der Waals surface area contributed by atoms with Crippen LogP contribution in [-0.2, 0) is 0 Å². The number of fused-ring (bicyclic) bond motifs is 2. The first-order valence-electron chi connectivity index (χ1n) is 7.82. The van der Waals surface area contributed by atoms with Gasteiger partial charge in [0, 0.05) is 22.0 Å². The summed E-state index contributed by atoms with van der Waals surface area (Å²) >= 11 is 2.15. The van der Waals surface area contributed by atoms with Crippen LogP contribution in [0.25, 0.3) is 0 Å². The molecule has 0 spiro atoms. The highest BCUT2D eigenvalue weighted by molar-refractivity contribution is 8.00. The number of benzene rings is 1. The quantitative estimate of drug-likeness (QED) is 0.723. The molecular formula is C18H24OS. The molecule has 0 radical (unpaired) electrons. The van der Waals surface area contributed by atoms with Gasteiger partial charge in [-0.1, -0.05) is 24.1 Å². The molecular weight excluding hydrogens is 264 g/mol. The minimum absolute atomic E-state index is 0.270. The lowest BCUT2D eigenvalue weighted by atomic mass is 9.82. The number of ketones is 1. The first-order valence-corrected chi connectivity index (χ1v) is 8.76. The van der Waals surface area contributed by atoms with E-state index in [9.17, 15) is 4.79 Å². The van der Waals surface area contributed by atoms with Crippen molar-refractivity contribution in [3.8, 4) is 0 Å². The third-order valence-corrected chi connectivity index (χ3v) is 6.45. The van der Waals surface area contributed by atoms with Crippen molar-refractivity contribution in [3.05, 3.63) is 34.4 Å². The minimum atomic E-state index is 0.270. The number of rotatable bonds is 2. The number of Topliss-reactive ketones (excluding diaryl/α,β-unsaturated/α-hetero) is 1. The van der Waals surface area contributed by atoms with Crippen LogP contribution in [0.5, 0.6) is 0 Å². The van der Waals surface area contributed by atoms with Gasteiger partial charge in [0.05, 0.1) is 0 Å². The number of carbonyl (C=O) groups is 1. The van der Waals surface area contributed by atoms with Gasteiger partial charge in [-0.15, -0.1) is 0 Å². The van der Waals surface area contributed by atoms with E-state index >= 15 is 0 Å². The highest BCUT2D eigenvalue weighted by Crippen LogP contribution is 2.45. The molecule has 2 aliphatic rings. The van der Waals surface area contributed by atoms with E-state index in [-0.39, 0.29) is 5.92 Å². The molecule has 2 saturated heterocycles. The summed E-state index contributed by atoms with van der Waals surface area (Å²) < 4.78 is 0. The Morgan fingerprint density at radius 2 is 1.60 bits per heavy atom. The Morgan fingerprint density at radius 1 is 1.05 bits per heavy atom. The number of thioether (sulfide) groups is 1. The molecule has 0 amide bonds. The lowest BCUT2D eigenvalue weighted by molar-refractivity contribution is 0.0895. The fourth-order valence-corrected chi connectivity index (χ4v) is 5.88. The summed E-state index contributed by atoms with van der Waals surface area (Å²) in [5, 5.41) is 1.48. The van der Waals surface area contributed by atoms with Crippen molar-refractivity contribution in [2.75, 3.05) is 0 Å². The Labute approximate surface area is 126 Å². The Morgan fingerprint density at radius 3 is 2.15 bits per heavy atom. The second kappa shape index (κ2) is 5.55. The van der Waals surface area contributed by atoms with Crippen molar-refractivity contribution in [2.45, 2.75) is 63.4 Å². The molecule has 2 bridgehead atoms. The lowest BCUT2D eigenvalue weighted by Gasteiger charge is -2.38. The maximum Gasteiger partial charge on any atom is 0.166 e. The minimum Gasteiger partial charge on any atom is -0.294 e. The molecule has 1 nitrogen and oxygen atoms in total. The first kappa shape index (κ1) is 14.2. The Kier molecular flexibility index (Phi) is 3.94. The highest BCUT2D eigenvalue weighted by Gasteiger charge is 2.36. The molecule has 2 aliphatic heterocycles. The number of aryl methyl sites for hydroxylation is 3. The zero-order chi connectivity index (χ0) is 14.3. The van der Waals surface area contributed by atoms with Gasteiger partial charge in [-0.25, -0.2) is 0 Å². The van der Waals surface area contributed by atoms with Gasteiger partial charge in [-0.3, -0.25) is 4.79 Å². The number of hydrogen-bond donors (Lipinski definition) is 0. The first-order chi connectivity index (χ1) is 9.54. The van der Waals surface area contributed by atoms with Gasteiger partial charge in [0.2, 0.25) is 0 Å². The molecule has 1 aromatic rings. The Hall–Kier alpha value is -0.760. The average molecular weight is 288 g/mol. The van der Waals surface area contributed by atoms with Crippen LogP contribution in [0.4, 0.5) is 0 Å². The van der Waals surface area contributed by atoms with E-state index in [2.05, 4.69) is 44.7 Å². The van der Waals surface area contributed by atoms with E-state index < -0.39 is 0 Å². The zero-order valence-corrected chi connectivity index (χ0v) is 13.6. The van der Waals surface area contributed by atoms with Crippen LogP contribution >= 0.6 is 11.8 Å². The van der Waals surface area contributed by atoms with Crippen molar-refractivity contribution in [1.82, 2.24) is 0 Å². The summed E-state index contributed by atoms with van der Waals surface area (Å²) in [6.45, 7) is 6.28. The Balaban J connectivity index is 1.86. The fourth-order valence-electron chi connectivity index (χ4n) is 4.05. The maximum atomic E-state index is 13.0. The zero-order valence-electron chi connectivity index (χ0n) is 12.7. The third-order valence-electron chi connectivity index (χ3n) is 4.83. The SMILES string of the molecule is Cc1cc(C)c(C(=O)C2CC3CCCC(C2)S3)c(C)c1. The van der Waals surface area contributed by atoms with Crippen LogP contribution in [0.2, 0.25) is 0 Å². The van der Waals surface area contributed by atoms with Gasteiger partial charge in [0.1, 0.15) is 0 Å². The summed E-state index contributed by atoms with van der Waals surface area (Å²) in [5.41, 5.74) is 4.59. The van der Waals surface area contributed by atoms with Crippen molar-refractivity contribution in [1.29, 1.82) is 0 Å². The molecule has 20 heavy (non-hydrogen) atoms. The number of hydrogen-bond acceptors (Lipinski definition) is 2. The average Bonchev–Trinajstić information content (AvgIpc) is 2.36. The monoisotopic (exact) mass is 288 g/mol. The molecule has 0 N–H and O–H groups in total. The van der Waals surface area contributed by atoms with E-state index in [1.54, 1.807) is 0 Å². The lowest BCUT2D eigenvalue weighted by Crippen LogP contribution is -2.33. The molecule has 2 heteroatoms. The van der Waals surface area contributed by atoms with E-state index in [0.29, 0.717) is 5.78 Å². The maximum absolute atomic E-state index is 13.0. The highest BCUT2D eigenvalue weighted by atomic mass is 32.2. The number of carbonyl (C=O) groups excluding carboxylic acids is 1. The summed E-state index contributed by atoms with van der Waals surface area (Å²) in [6, 6.07) is 4.30. The van der Waals surface area contributed by atoms with E-state index in [4.69, 9.17) is 0 Å². The predicted molar refractivity (Wildman–Crippen MR) is 86.7 cm³/mol. The van der Waals surface area contributed by atoms with Crippen LogP contribution in [0.15, 0.2) is 12.1 Å². The summed E-state index contributed by atoms with van der Waals surface area (Å²) in [5.74, 6) is 0.684. The van der Waals surface area contributed by atoms with Gasteiger partial charge < -0.3 is 0 Å². The predicted octanol–water partition coefficient (Wildman–Crippen LogP) is 4.86. The Bertz CT molecular complexity index is 499. The fraction of sp³-hybridized carbons (Fsp3) is 0.611. The summed E-state index contributed by atoms with van der Waals surface area (Å²) in [7, 11) is 0. The van der Waals surface area contributed by atoms with Gasteiger partial charge in [-0.05, 0) is 57.6 Å². The van der Waals surface area contributed by atoms with Crippen LogP contribution < -0.4 is 0 Å². The van der Waals surface area contributed by atoms with Crippen molar-refractivity contribution < 1.29 is 4.79 Å². The van der Waals surface area contributed by atoms with Gasteiger partial charge in [0.25, 0.3) is 0 Å². The molecule has 0 aromatic heterocycles. The van der Waals surface area contributed by atoms with Gasteiger partial charge in [-0.2, -0.15) is 11.8 Å². The summed E-state index contributed by atoms with van der Waals surface area (Å²) in [4.78, 5) is 13.0. The van der Waals surface area contributed by atoms with Gasteiger partial charge in [0.15, 0.2) is 5.78 Å². The molecule has 2 unspecified atom stereocenters. The smallest absolute Gasteiger partial charge is 0.166 e. The molecule has 0 saturated carbocycles. The van der Waals surface area contributed by atoms with E-state index in [1.165, 1.54) is 24.8 Å². The molecule has 2 fully saturated rings. The van der Waals surface area contributed by atoms with Crippen LogP contribution in [-0.4, -0.2) is 16.3 Å². The van der Waals surface area contributed by atoms with Crippen molar-refractivity contribution in [3.63, 3.8) is 0 Å². The van der Waals surface area contributed by atoms with Crippen LogP contribution in [0.3, 0.4) is 0 Å². The van der Waals surface area contributed by atoms with Crippen molar-refractivity contribution >= 4 is 17.5 Å². The van der Waals surface area contributed by atoms with Crippen molar-refractivity contribution in [2.24, 2.45) is 5.92 Å². The molecule has 3 rings (SSSR count). The largest absolute Gasteiger partial charge is 0.294 e. The second-order valence-corrected chi connectivity index (χ2v) is 8.22. The van der Waals surface area contributed by atoms with E-state index in [0.717, 1.165) is 40.0 Å². The van der Waals surface area contributed by atoms with Crippen LogP contribution in [0, 0.1) is 26.7 Å². The normalized spacial score (nSPS) is 29.2.